The maximum absolute atomic E-state index is 13.4. The van der Waals surface area contributed by atoms with Crippen LogP contribution >= 0.6 is 0 Å². The molecule has 0 atom stereocenters. The number of benzene rings is 2. The molecule has 0 saturated heterocycles. The highest BCUT2D eigenvalue weighted by atomic mass is 16.2. The van der Waals surface area contributed by atoms with Crippen molar-refractivity contribution in [2.45, 2.75) is 33.9 Å². The number of fused-ring (bicyclic) bond motifs is 1. The van der Waals surface area contributed by atoms with Gasteiger partial charge in [0.25, 0.3) is 0 Å². The fraction of sp³-hybridized carbons (Fsp3) is 0.280. The Morgan fingerprint density at radius 2 is 1.71 bits per heavy atom. The predicted octanol–water partition coefficient (Wildman–Crippen LogP) is 5.00. The molecule has 0 saturated carbocycles. The Balaban J connectivity index is 1.60. The molecule has 0 aliphatic carbocycles. The highest BCUT2D eigenvalue weighted by Crippen LogP contribution is 2.31. The van der Waals surface area contributed by atoms with E-state index in [1.54, 1.807) is 16.0 Å². The van der Waals surface area contributed by atoms with Crippen LogP contribution in [0.5, 0.6) is 0 Å². The standard InChI is InChI=1S/C25H25N5O/c1-25(2,3)17-30-23-21(14-27-22(13-26)28-23)16-29(24(30)31)15-18-9-11-20(12-10-18)19-7-5-4-6-8-19/h4-12,14H,15-17H2,1-3H3. The summed E-state index contributed by atoms with van der Waals surface area (Å²) in [4.78, 5) is 25.3. The molecule has 0 N–H and O–H groups in total. The lowest BCUT2D eigenvalue weighted by Gasteiger charge is -2.38. The van der Waals surface area contributed by atoms with Gasteiger partial charge in [-0.25, -0.2) is 14.8 Å². The lowest BCUT2D eigenvalue weighted by Crippen LogP contribution is -2.50. The maximum atomic E-state index is 13.4. The van der Waals surface area contributed by atoms with E-state index in [1.807, 2.05) is 24.3 Å². The van der Waals surface area contributed by atoms with E-state index in [0.717, 1.165) is 16.7 Å². The van der Waals surface area contributed by atoms with Gasteiger partial charge in [0, 0.05) is 24.8 Å². The Hall–Kier alpha value is -3.72. The summed E-state index contributed by atoms with van der Waals surface area (Å²) in [5, 5.41) is 9.19. The van der Waals surface area contributed by atoms with Gasteiger partial charge in [-0.2, -0.15) is 5.26 Å². The van der Waals surface area contributed by atoms with E-state index in [4.69, 9.17) is 0 Å². The maximum Gasteiger partial charge on any atom is 0.326 e. The number of nitrogens with zero attached hydrogens (tertiary/aromatic N) is 5. The van der Waals surface area contributed by atoms with Gasteiger partial charge in [-0.1, -0.05) is 75.4 Å². The summed E-state index contributed by atoms with van der Waals surface area (Å²) in [7, 11) is 0. The summed E-state index contributed by atoms with van der Waals surface area (Å²) < 4.78 is 0. The Labute approximate surface area is 182 Å². The van der Waals surface area contributed by atoms with Crippen LogP contribution in [0.25, 0.3) is 11.1 Å². The molecule has 4 rings (SSSR count). The Kier molecular flexibility index (Phi) is 5.43. The van der Waals surface area contributed by atoms with Crippen molar-refractivity contribution in [3.63, 3.8) is 0 Å². The zero-order valence-electron chi connectivity index (χ0n) is 18.0. The zero-order chi connectivity index (χ0) is 22.0. The molecule has 1 aromatic heterocycles. The average molecular weight is 412 g/mol. The SMILES string of the molecule is CC(C)(C)CN1C(=O)N(Cc2ccc(-c3ccccc3)cc2)Cc2cnc(C#N)nc21. The number of hydrogen-bond donors (Lipinski definition) is 0. The summed E-state index contributed by atoms with van der Waals surface area (Å²) >= 11 is 0. The van der Waals surface area contributed by atoms with E-state index in [-0.39, 0.29) is 17.3 Å². The molecule has 0 spiro atoms. The van der Waals surface area contributed by atoms with Crippen LogP contribution in [-0.4, -0.2) is 27.4 Å². The normalized spacial score (nSPS) is 13.7. The highest BCUT2D eigenvalue weighted by Gasteiger charge is 2.34. The molecule has 0 bridgehead atoms. The number of anilines is 1. The molecule has 2 heterocycles. The number of hydrogen-bond acceptors (Lipinski definition) is 4. The first-order valence-corrected chi connectivity index (χ1v) is 10.3. The third-order valence-electron chi connectivity index (χ3n) is 5.13. The number of carbonyl (C=O) groups is 1. The minimum Gasteiger partial charge on any atom is -0.315 e. The second-order valence-electron chi connectivity index (χ2n) is 9.00. The first kappa shape index (κ1) is 20.5. The topological polar surface area (TPSA) is 73.1 Å². The van der Waals surface area contributed by atoms with Crippen LogP contribution in [0.2, 0.25) is 0 Å². The molecule has 1 aliphatic heterocycles. The third kappa shape index (κ3) is 4.56. The first-order chi connectivity index (χ1) is 14.8. The van der Waals surface area contributed by atoms with Crippen molar-refractivity contribution in [3.8, 4) is 17.2 Å². The molecule has 6 nitrogen and oxygen atoms in total. The van der Waals surface area contributed by atoms with Crippen LogP contribution in [0.15, 0.2) is 60.8 Å². The van der Waals surface area contributed by atoms with Gasteiger partial charge in [0.2, 0.25) is 5.82 Å². The molecule has 3 aromatic rings. The van der Waals surface area contributed by atoms with Gasteiger partial charge < -0.3 is 4.90 Å². The molecule has 156 valence electrons. The van der Waals surface area contributed by atoms with Crippen LogP contribution in [0.1, 0.15) is 37.7 Å². The van der Waals surface area contributed by atoms with Crippen molar-refractivity contribution in [1.82, 2.24) is 14.9 Å². The predicted molar refractivity (Wildman–Crippen MR) is 120 cm³/mol. The van der Waals surface area contributed by atoms with E-state index >= 15 is 0 Å². The summed E-state index contributed by atoms with van der Waals surface area (Å²) in [5.74, 6) is 0.623. The van der Waals surface area contributed by atoms with E-state index < -0.39 is 0 Å². The van der Waals surface area contributed by atoms with Gasteiger partial charge in [0.05, 0.1) is 6.54 Å². The van der Waals surface area contributed by atoms with Gasteiger partial charge in [0.1, 0.15) is 11.9 Å². The Morgan fingerprint density at radius 1 is 1.03 bits per heavy atom. The third-order valence-corrected chi connectivity index (χ3v) is 5.13. The van der Waals surface area contributed by atoms with Crippen LogP contribution in [-0.2, 0) is 13.1 Å². The van der Waals surface area contributed by atoms with Crippen molar-refractivity contribution in [3.05, 3.63) is 77.7 Å². The number of rotatable bonds is 4. The molecule has 2 amide bonds. The Bertz CT molecular complexity index is 1130. The molecule has 0 radical (unpaired) electrons. The lowest BCUT2D eigenvalue weighted by molar-refractivity contribution is 0.191. The minimum absolute atomic E-state index is 0.0791. The molecule has 31 heavy (non-hydrogen) atoms. The molecule has 1 aliphatic rings. The highest BCUT2D eigenvalue weighted by molar-refractivity contribution is 5.93. The number of aromatic nitrogens is 2. The van der Waals surface area contributed by atoms with Gasteiger partial charge in [0.15, 0.2) is 0 Å². The Morgan fingerprint density at radius 3 is 2.35 bits per heavy atom. The van der Waals surface area contributed by atoms with E-state index in [0.29, 0.717) is 25.5 Å². The van der Waals surface area contributed by atoms with Crippen LogP contribution in [0.4, 0.5) is 10.6 Å². The van der Waals surface area contributed by atoms with Crippen molar-refractivity contribution >= 4 is 11.8 Å². The first-order valence-electron chi connectivity index (χ1n) is 10.3. The summed E-state index contributed by atoms with van der Waals surface area (Å²) in [6, 6.07) is 20.4. The fourth-order valence-corrected chi connectivity index (χ4v) is 3.73. The van der Waals surface area contributed by atoms with Crippen molar-refractivity contribution in [2.75, 3.05) is 11.4 Å². The van der Waals surface area contributed by atoms with Crippen LogP contribution < -0.4 is 4.90 Å². The second kappa shape index (κ2) is 8.19. The number of amides is 2. The van der Waals surface area contributed by atoms with Gasteiger partial charge in [-0.3, -0.25) is 4.90 Å². The van der Waals surface area contributed by atoms with Crippen LogP contribution in [0, 0.1) is 16.7 Å². The summed E-state index contributed by atoms with van der Waals surface area (Å²) in [5.41, 5.74) is 4.10. The van der Waals surface area contributed by atoms with E-state index in [2.05, 4.69) is 67.1 Å². The average Bonchev–Trinajstić information content (AvgIpc) is 2.77. The monoisotopic (exact) mass is 411 g/mol. The van der Waals surface area contributed by atoms with Crippen molar-refractivity contribution < 1.29 is 4.79 Å². The summed E-state index contributed by atoms with van der Waals surface area (Å²) in [6.07, 6.45) is 1.66. The molecular weight excluding hydrogens is 386 g/mol. The van der Waals surface area contributed by atoms with E-state index in [9.17, 15) is 10.1 Å². The fourth-order valence-electron chi connectivity index (χ4n) is 3.73. The summed E-state index contributed by atoms with van der Waals surface area (Å²) in [6.45, 7) is 7.65. The quantitative estimate of drug-likeness (QED) is 0.605. The largest absolute Gasteiger partial charge is 0.326 e. The molecular formula is C25H25N5O. The number of urea groups is 1. The van der Waals surface area contributed by atoms with E-state index in [1.165, 1.54) is 5.56 Å². The zero-order valence-corrected chi connectivity index (χ0v) is 18.0. The smallest absolute Gasteiger partial charge is 0.315 e. The molecule has 0 unspecified atom stereocenters. The lowest BCUT2D eigenvalue weighted by atomic mass is 9.95. The molecule has 0 fully saturated rings. The van der Waals surface area contributed by atoms with Gasteiger partial charge in [-0.05, 0) is 22.1 Å². The van der Waals surface area contributed by atoms with Crippen LogP contribution in [0.3, 0.4) is 0 Å². The van der Waals surface area contributed by atoms with Crippen molar-refractivity contribution in [2.24, 2.45) is 5.41 Å². The minimum atomic E-state index is -0.120. The van der Waals surface area contributed by atoms with Crippen molar-refractivity contribution in [1.29, 1.82) is 5.26 Å². The molecule has 6 heteroatoms. The van der Waals surface area contributed by atoms with Gasteiger partial charge >= 0.3 is 6.03 Å². The molecule has 2 aromatic carbocycles. The second-order valence-corrected chi connectivity index (χ2v) is 9.00. The number of nitriles is 1. The number of carbonyl (C=O) groups excluding carboxylic acids is 1. The van der Waals surface area contributed by atoms with Gasteiger partial charge in [-0.15, -0.1) is 0 Å².